The highest BCUT2D eigenvalue weighted by Crippen LogP contribution is 2.19. The van der Waals surface area contributed by atoms with Crippen LogP contribution in [-0.4, -0.2) is 26.7 Å². The molecule has 0 aromatic carbocycles. The molecule has 3 rings (SSSR count). The lowest BCUT2D eigenvalue weighted by molar-refractivity contribution is 0.111. The van der Waals surface area contributed by atoms with Gasteiger partial charge in [0.15, 0.2) is 12.6 Å². The molecule has 3 aromatic heterocycles. The van der Waals surface area contributed by atoms with E-state index in [4.69, 9.17) is 0 Å². The summed E-state index contributed by atoms with van der Waals surface area (Å²) in [7, 11) is 0. The number of carbonyl (C=O) groups is 2. The SMILES string of the molecule is CCn1cc(C=O)c2nc3c(C=O)cn(CC)c(=O)c3cc2c1=O. The molecule has 0 aliphatic carbocycles. The number of hydrogen-bond acceptors (Lipinski definition) is 5. The third kappa shape index (κ3) is 2.17. The van der Waals surface area contributed by atoms with Gasteiger partial charge in [0, 0.05) is 25.5 Å². The van der Waals surface area contributed by atoms with Crippen molar-refractivity contribution in [3.8, 4) is 0 Å². The van der Waals surface area contributed by atoms with E-state index in [1.165, 1.54) is 27.6 Å². The van der Waals surface area contributed by atoms with Crippen LogP contribution in [0.5, 0.6) is 0 Å². The number of fused-ring (bicyclic) bond motifs is 2. The van der Waals surface area contributed by atoms with Crippen LogP contribution in [-0.2, 0) is 13.1 Å². The fourth-order valence-electron chi connectivity index (χ4n) is 2.81. The molecule has 0 bridgehead atoms. The van der Waals surface area contributed by atoms with Gasteiger partial charge in [-0.2, -0.15) is 0 Å². The van der Waals surface area contributed by atoms with E-state index in [2.05, 4.69) is 4.98 Å². The monoisotopic (exact) mass is 325 g/mol. The quantitative estimate of drug-likeness (QED) is 0.534. The van der Waals surface area contributed by atoms with Crippen LogP contribution in [0.1, 0.15) is 34.6 Å². The number of carbonyl (C=O) groups excluding carboxylic acids is 2. The van der Waals surface area contributed by atoms with E-state index in [0.717, 1.165) is 0 Å². The van der Waals surface area contributed by atoms with E-state index in [9.17, 15) is 19.2 Å². The van der Waals surface area contributed by atoms with E-state index in [0.29, 0.717) is 25.7 Å². The normalized spacial score (nSPS) is 11.1. The molecule has 0 saturated carbocycles. The molecule has 0 saturated heterocycles. The summed E-state index contributed by atoms with van der Waals surface area (Å²) in [5.74, 6) is 0. The number of rotatable bonds is 4. The Morgan fingerprint density at radius 3 is 1.62 bits per heavy atom. The predicted molar refractivity (Wildman–Crippen MR) is 89.9 cm³/mol. The summed E-state index contributed by atoms with van der Waals surface area (Å²) in [6.45, 7) is 4.35. The van der Waals surface area contributed by atoms with Crippen LogP contribution in [0.2, 0.25) is 0 Å². The molecular formula is C17H15N3O4. The van der Waals surface area contributed by atoms with Gasteiger partial charge < -0.3 is 9.13 Å². The highest BCUT2D eigenvalue weighted by Gasteiger charge is 2.15. The average Bonchev–Trinajstić information content (AvgIpc) is 2.61. The fourth-order valence-corrected chi connectivity index (χ4v) is 2.81. The second-order valence-corrected chi connectivity index (χ2v) is 5.37. The van der Waals surface area contributed by atoms with Crippen molar-refractivity contribution in [1.29, 1.82) is 0 Å². The van der Waals surface area contributed by atoms with Crippen molar-refractivity contribution in [2.24, 2.45) is 0 Å². The highest BCUT2D eigenvalue weighted by molar-refractivity contribution is 6.03. The van der Waals surface area contributed by atoms with Crippen molar-refractivity contribution >= 4 is 34.4 Å². The van der Waals surface area contributed by atoms with Gasteiger partial charge in [0.25, 0.3) is 11.1 Å². The Hall–Kier alpha value is -3.09. The molecule has 0 atom stereocenters. The number of nitrogens with zero attached hydrogens (tertiary/aromatic N) is 3. The van der Waals surface area contributed by atoms with Gasteiger partial charge in [-0.15, -0.1) is 0 Å². The van der Waals surface area contributed by atoms with Crippen molar-refractivity contribution in [2.75, 3.05) is 0 Å². The Kier molecular flexibility index (Phi) is 3.84. The first-order chi connectivity index (χ1) is 11.5. The number of hydrogen-bond donors (Lipinski definition) is 0. The molecule has 0 spiro atoms. The first kappa shape index (κ1) is 15.8. The summed E-state index contributed by atoms with van der Waals surface area (Å²) >= 11 is 0. The maximum Gasteiger partial charge on any atom is 0.260 e. The van der Waals surface area contributed by atoms with Crippen molar-refractivity contribution in [1.82, 2.24) is 14.1 Å². The van der Waals surface area contributed by atoms with Gasteiger partial charge in [-0.3, -0.25) is 19.2 Å². The van der Waals surface area contributed by atoms with Crippen LogP contribution in [0.25, 0.3) is 21.8 Å². The molecule has 0 radical (unpaired) electrons. The van der Waals surface area contributed by atoms with Crippen LogP contribution in [0.4, 0.5) is 0 Å². The van der Waals surface area contributed by atoms with Crippen molar-refractivity contribution in [3.05, 3.63) is 50.3 Å². The van der Waals surface area contributed by atoms with Gasteiger partial charge in [-0.25, -0.2) is 4.98 Å². The van der Waals surface area contributed by atoms with E-state index < -0.39 is 0 Å². The molecule has 3 aromatic rings. The van der Waals surface area contributed by atoms with Gasteiger partial charge in [0.2, 0.25) is 0 Å². The zero-order valence-corrected chi connectivity index (χ0v) is 13.3. The zero-order chi connectivity index (χ0) is 17.4. The lowest BCUT2D eigenvalue weighted by atomic mass is 10.1. The Balaban J connectivity index is 2.62. The van der Waals surface area contributed by atoms with Gasteiger partial charge in [0.05, 0.1) is 32.9 Å². The third-order valence-electron chi connectivity index (χ3n) is 4.08. The molecular weight excluding hydrogens is 310 g/mol. The summed E-state index contributed by atoms with van der Waals surface area (Å²) in [5.41, 5.74) is 0.223. The average molecular weight is 325 g/mol. The molecule has 24 heavy (non-hydrogen) atoms. The molecule has 122 valence electrons. The number of aldehydes is 2. The van der Waals surface area contributed by atoms with E-state index in [1.807, 2.05) is 0 Å². The summed E-state index contributed by atoms with van der Waals surface area (Å²) in [5, 5.41) is 0.383. The number of aryl methyl sites for hydroxylation is 2. The maximum atomic E-state index is 12.5. The van der Waals surface area contributed by atoms with Gasteiger partial charge in [0.1, 0.15) is 0 Å². The van der Waals surface area contributed by atoms with E-state index in [-0.39, 0.29) is 44.1 Å². The minimum atomic E-state index is -0.327. The second kappa shape index (κ2) is 5.84. The predicted octanol–water partition coefficient (Wildman–Crippen LogP) is 1.38. The Labute approximate surface area is 136 Å². The van der Waals surface area contributed by atoms with Crippen LogP contribution >= 0.6 is 0 Å². The minimum absolute atomic E-state index is 0.191. The van der Waals surface area contributed by atoms with E-state index >= 15 is 0 Å². The summed E-state index contributed by atoms with van der Waals surface area (Å²) in [4.78, 5) is 52.1. The van der Waals surface area contributed by atoms with Crippen molar-refractivity contribution < 1.29 is 9.59 Å². The fraction of sp³-hybridized carbons (Fsp3) is 0.235. The molecule has 7 nitrogen and oxygen atoms in total. The molecule has 3 heterocycles. The topological polar surface area (TPSA) is 91.0 Å². The number of aromatic nitrogens is 3. The zero-order valence-electron chi connectivity index (χ0n) is 13.3. The molecule has 0 unspecified atom stereocenters. The number of pyridine rings is 3. The van der Waals surface area contributed by atoms with Crippen LogP contribution in [0.3, 0.4) is 0 Å². The largest absolute Gasteiger partial charge is 0.314 e. The van der Waals surface area contributed by atoms with Crippen molar-refractivity contribution in [3.63, 3.8) is 0 Å². The lowest BCUT2D eigenvalue weighted by Gasteiger charge is -2.10. The Bertz CT molecular complexity index is 1020. The standard InChI is InChI=1S/C17H15N3O4/c1-3-19-6-10(8-21)14-12(16(19)23)5-13-15(18-14)11(9-22)7-20(4-2)17(13)24/h5-9H,3-4H2,1-2H3. The third-order valence-corrected chi connectivity index (χ3v) is 4.08. The Morgan fingerprint density at radius 2 is 1.29 bits per heavy atom. The molecule has 0 fully saturated rings. The molecule has 7 heteroatoms. The van der Waals surface area contributed by atoms with Crippen LogP contribution in [0, 0.1) is 0 Å². The smallest absolute Gasteiger partial charge is 0.260 e. The van der Waals surface area contributed by atoms with Crippen molar-refractivity contribution in [2.45, 2.75) is 26.9 Å². The second-order valence-electron chi connectivity index (χ2n) is 5.37. The molecule has 0 aliphatic rings. The van der Waals surface area contributed by atoms with Gasteiger partial charge >= 0.3 is 0 Å². The first-order valence-electron chi connectivity index (χ1n) is 7.57. The summed E-state index contributed by atoms with van der Waals surface area (Å²) in [6.07, 6.45) is 4.09. The molecule has 0 amide bonds. The van der Waals surface area contributed by atoms with Gasteiger partial charge in [-0.05, 0) is 19.9 Å². The van der Waals surface area contributed by atoms with Crippen LogP contribution < -0.4 is 11.1 Å². The van der Waals surface area contributed by atoms with Gasteiger partial charge in [-0.1, -0.05) is 0 Å². The first-order valence-corrected chi connectivity index (χ1v) is 7.57. The molecule has 0 N–H and O–H groups in total. The highest BCUT2D eigenvalue weighted by atomic mass is 16.1. The Morgan fingerprint density at radius 1 is 0.875 bits per heavy atom. The summed E-state index contributed by atoms with van der Waals surface area (Å²) in [6, 6.07) is 1.43. The minimum Gasteiger partial charge on any atom is -0.314 e. The van der Waals surface area contributed by atoms with E-state index in [1.54, 1.807) is 13.8 Å². The molecule has 0 aliphatic heterocycles. The summed E-state index contributed by atoms with van der Waals surface area (Å²) < 4.78 is 2.78. The lowest BCUT2D eigenvalue weighted by Crippen LogP contribution is -2.23. The maximum absolute atomic E-state index is 12.5. The van der Waals surface area contributed by atoms with Crippen LogP contribution in [0.15, 0.2) is 28.0 Å².